The fraction of sp³-hybridized carbons (Fsp3) is 0.833. The molecule has 112 valence electrons. The maximum atomic E-state index is 11.1. The van der Waals surface area contributed by atoms with Crippen molar-refractivity contribution in [2.45, 2.75) is 19.8 Å². The molecule has 0 heterocycles. The predicted molar refractivity (Wildman–Crippen MR) is 71.6 cm³/mol. The van der Waals surface area contributed by atoms with Gasteiger partial charge in [0.25, 0.3) is 0 Å². The van der Waals surface area contributed by atoms with Gasteiger partial charge in [0, 0.05) is 32.5 Å². The molecule has 0 saturated heterocycles. The number of carbonyl (C=O) groups excluding carboxylic acids is 2. The summed E-state index contributed by atoms with van der Waals surface area (Å²) in [6.45, 7) is 5.05. The van der Waals surface area contributed by atoms with Crippen LogP contribution in [-0.4, -0.2) is 57.9 Å². The SMILES string of the molecule is CCNC(=O)CCOCCOCCNC(=O)CCN. The lowest BCUT2D eigenvalue weighted by atomic mass is 10.4. The van der Waals surface area contributed by atoms with Gasteiger partial charge in [0.2, 0.25) is 11.8 Å². The third-order valence-electron chi connectivity index (χ3n) is 2.16. The Kier molecular flexibility index (Phi) is 12.4. The van der Waals surface area contributed by atoms with E-state index in [-0.39, 0.29) is 11.8 Å². The third-order valence-corrected chi connectivity index (χ3v) is 2.16. The molecule has 0 atom stereocenters. The van der Waals surface area contributed by atoms with Gasteiger partial charge in [0.15, 0.2) is 0 Å². The van der Waals surface area contributed by atoms with E-state index >= 15 is 0 Å². The molecule has 0 aliphatic rings. The summed E-state index contributed by atoms with van der Waals surface area (Å²) in [6, 6.07) is 0. The van der Waals surface area contributed by atoms with Crippen LogP contribution < -0.4 is 16.4 Å². The zero-order chi connectivity index (χ0) is 14.3. The van der Waals surface area contributed by atoms with E-state index in [9.17, 15) is 9.59 Å². The van der Waals surface area contributed by atoms with Gasteiger partial charge in [0.05, 0.1) is 26.4 Å². The Morgan fingerprint density at radius 2 is 1.58 bits per heavy atom. The number of ether oxygens (including phenoxy) is 2. The van der Waals surface area contributed by atoms with Crippen LogP contribution in [-0.2, 0) is 19.1 Å². The first kappa shape index (κ1) is 17.8. The maximum absolute atomic E-state index is 11.1. The minimum atomic E-state index is -0.0655. The molecule has 2 amide bonds. The Morgan fingerprint density at radius 3 is 2.21 bits per heavy atom. The van der Waals surface area contributed by atoms with Crippen LogP contribution in [0.3, 0.4) is 0 Å². The molecule has 0 aliphatic heterocycles. The number of nitrogens with two attached hydrogens (primary N) is 1. The monoisotopic (exact) mass is 275 g/mol. The second-order valence-electron chi connectivity index (χ2n) is 3.82. The number of carbonyl (C=O) groups is 2. The molecule has 0 bridgehead atoms. The van der Waals surface area contributed by atoms with Gasteiger partial charge in [-0.1, -0.05) is 0 Å². The molecule has 0 radical (unpaired) electrons. The number of rotatable bonds is 12. The van der Waals surface area contributed by atoms with E-state index in [1.165, 1.54) is 0 Å². The van der Waals surface area contributed by atoms with Crippen molar-refractivity contribution in [2.24, 2.45) is 5.73 Å². The van der Waals surface area contributed by atoms with Crippen LogP contribution in [0.4, 0.5) is 0 Å². The fourth-order valence-electron chi connectivity index (χ4n) is 1.25. The average Bonchev–Trinajstić information content (AvgIpc) is 2.37. The number of hydrogen-bond acceptors (Lipinski definition) is 5. The van der Waals surface area contributed by atoms with Crippen molar-refractivity contribution in [1.29, 1.82) is 0 Å². The molecule has 7 heteroatoms. The van der Waals surface area contributed by atoms with Crippen molar-refractivity contribution < 1.29 is 19.1 Å². The van der Waals surface area contributed by atoms with Gasteiger partial charge in [0.1, 0.15) is 0 Å². The molecular formula is C12H25N3O4. The van der Waals surface area contributed by atoms with Crippen LogP contribution in [0.15, 0.2) is 0 Å². The van der Waals surface area contributed by atoms with Crippen molar-refractivity contribution in [3.63, 3.8) is 0 Å². The van der Waals surface area contributed by atoms with E-state index < -0.39 is 0 Å². The summed E-state index contributed by atoms with van der Waals surface area (Å²) in [5.74, 6) is -0.0738. The normalized spacial score (nSPS) is 10.2. The van der Waals surface area contributed by atoms with Crippen LogP contribution in [0, 0.1) is 0 Å². The lowest BCUT2D eigenvalue weighted by Crippen LogP contribution is -2.29. The Bertz CT molecular complexity index is 225. The van der Waals surface area contributed by atoms with Crippen molar-refractivity contribution in [2.75, 3.05) is 46.1 Å². The summed E-state index contributed by atoms with van der Waals surface area (Å²) in [5, 5.41) is 5.36. The van der Waals surface area contributed by atoms with Crippen LogP contribution in [0.25, 0.3) is 0 Å². The van der Waals surface area contributed by atoms with Crippen molar-refractivity contribution in [3.8, 4) is 0 Å². The van der Waals surface area contributed by atoms with Crippen molar-refractivity contribution in [3.05, 3.63) is 0 Å². The highest BCUT2D eigenvalue weighted by atomic mass is 16.5. The molecule has 0 fully saturated rings. The first-order valence-corrected chi connectivity index (χ1v) is 6.59. The molecule has 0 unspecified atom stereocenters. The first-order valence-electron chi connectivity index (χ1n) is 6.59. The van der Waals surface area contributed by atoms with Crippen molar-refractivity contribution in [1.82, 2.24) is 10.6 Å². The quantitative estimate of drug-likeness (QED) is 0.397. The molecule has 0 aliphatic carbocycles. The molecule has 7 nitrogen and oxygen atoms in total. The highest BCUT2D eigenvalue weighted by Crippen LogP contribution is 1.84. The molecule has 0 rings (SSSR count). The number of hydrogen-bond donors (Lipinski definition) is 3. The summed E-state index contributed by atoms with van der Waals surface area (Å²) in [7, 11) is 0. The van der Waals surface area contributed by atoms with Crippen LogP contribution in [0.5, 0.6) is 0 Å². The smallest absolute Gasteiger partial charge is 0.222 e. The molecule has 0 saturated carbocycles. The zero-order valence-corrected chi connectivity index (χ0v) is 11.6. The molecule has 19 heavy (non-hydrogen) atoms. The van der Waals surface area contributed by atoms with Gasteiger partial charge in [-0.05, 0) is 6.92 Å². The van der Waals surface area contributed by atoms with E-state index in [1.807, 2.05) is 6.92 Å². The van der Waals surface area contributed by atoms with Crippen LogP contribution in [0.2, 0.25) is 0 Å². The molecular weight excluding hydrogens is 250 g/mol. The Balaban J connectivity index is 3.15. The maximum Gasteiger partial charge on any atom is 0.222 e. The molecule has 0 spiro atoms. The predicted octanol–water partition coefficient (Wildman–Crippen LogP) is -0.989. The second-order valence-corrected chi connectivity index (χ2v) is 3.82. The van der Waals surface area contributed by atoms with Crippen LogP contribution >= 0.6 is 0 Å². The summed E-state index contributed by atoms with van der Waals surface area (Å²) in [4.78, 5) is 22.1. The summed E-state index contributed by atoms with van der Waals surface area (Å²) in [6.07, 6.45) is 0.700. The number of nitrogens with one attached hydrogen (secondary N) is 2. The second kappa shape index (κ2) is 13.3. The zero-order valence-electron chi connectivity index (χ0n) is 11.6. The minimum Gasteiger partial charge on any atom is -0.379 e. The standard InChI is InChI=1S/C12H25N3O4/c1-2-14-12(17)4-7-18-9-10-19-8-6-15-11(16)3-5-13/h2-10,13H2,1H3,(H,14,17)(H,15,16). The van der Waals surface area contributed by atoms with Gasteiger partial charge in [-0.2, -0.15) is 0 Å². The molecule has 0 aromatic rings. The topological polar surface area (TPSA) is 103 Å². The number of amides is 2. The third kappa shape index (κ3) is 13.1. The lowest BCUT2D eigenvalue weighted by Gasteiger charge is -2.07. The molecule has 0 aromatic heterocycles. The Labute approximate surface area is 114 Å². The van der Waals surface area contributed by atoms with E-state index in [0.717, 1.165) is 0 Å². The first-order chi connectivity index (χ1) is 9.20. The summed E-state index contributed by atoms with van der Waals surface area (Å²) >= 11 is 0. The van der Waals surface area contributed by atoms with E-state index in [2.05, 4.69) is 10.6 Å². The van der Waals surface area contributed by atoms with Gasteiger partial charge in [-0.3, -0.25) is 9.59 Å². The highest BCUT2D eigenvalue weighted by molar-refractivity contribution is 5.76. The Morgan fingerprint density at radius 1 is 0.947 bits per heavy atom. The Hall–Kier alpha value is -1.18. The van der Waals surface area contributed by atoms with Crippen molar-refractivity contribution >= 4 is 11.8 Å². The minimum absolute atomic E-state index is 0.00830. The molecule has 0 aromatic carbocycles. The summed E-state index contributed by atoms with van der Waals surface area (Å²) in [5.41, 5.74) is 5.23. The van der Waals surface area contributed by atoms with E-state index in [4.69, 9.17) is 15.2 Å². The summed E-state index contributed by atoms with van der Waals surface area (Å²) < 4.78 is 10.5. The van der Waals surface area contributed by atoms with Gasteiger partial charge < -0.3 is 25.8 Å². The lowest BCUT2D eigenvalue weighted by molar-refractivity contribution is -0.122. The largest absolute Gasteiger partial charge is 0.379 e. The van der Waals surface area contributed by atoms with Crippen LogP contribution in [0.1, 0.15) is 19.8 Å². The van der Waals surface area contributed by atoms with Gasteiger partial charge >= 0.3 is 0 Å². The highest BCUT2D eigenvalue weighted by Gasteiger charge is 1.99. The van der Waals surface area contributed by atoms with E-state index in [0.29, 0.717) is 58.9 Å². The van der Waals surface area contributed by atoms with E-state index in [1.54, 1.807) is 0 Å². The fourth-order valence-corrected chi connectivity index (χ4v) is 1.25. The average molecular weight is 275 g/mol. The van der Waals surface area contributed by atoms with Gasteiger partial charge in [-0.25, -0.2) is 0 Å². The van der Waals surface area contributed by atoms with Gasteiger partial charge in [-0.15, -0.1) is 0 Å². The molecule has 4 N–H and O–H groups in total.